The first kappa shape index (κ1) is 27.5. The second-order valence-corrected chi connectivity index (χ2v) is 7.18. The van der Waals surface area contributed by atoms with Crippen LogP contribution in [0.3, 0.4) is 0 Å². The summed E-state index contributed by atoms with van der Waals surface area (Å²) < 4.78 is 6.84. The average Bonchev–Trinajstić information content (AvgIpc) is 3.25. The van der Waals surface area contributed by atoms with Gasteiger partial charge in [-0.2, -0.15) is 5.26 Å². The fourth-order valence-electron chi connectivity index (χ4n) is 2.78. The lowest BCUT2D eigenvalue weighted by molar-refractivity contribution is -0.245. The third-order valence-electron chi connectivity index (χ3n) is 4.55. The number of carboxylic acid groups (broad SMARTS) is 2. The number of carbonyl (C=O) groups is 2. The van der Waals surface area contributed by atoms with Crippen LogP contribution < -0.4 is 22.3 Å². The standard InChI is InChI=1S/C12H13N5O4.C5H11NO2.CH3NO2/c13-1-5-2-17(11-7(5)10(14)15-4-16-11)12-9(20)8(19)6(3-18)21-12;1-3(2)4(6)5(7)8;2-1(3)4/h2,4,6,8-9,12,18-20H,3H2,(H2,14,15,16);3-4H,6H2,1-2H3,(H,7,8);2H2,(H,3,4)/p-1/t6-,8-,9-,12-;4-;/m10./s1. The lowest BCUT2D eigenvalue weighted by atomic mass is 10.1. The molecule has 0 bridgehead atoms. The molecule has 2 aromatic rings. The van der Waals surface area contributed by atoms with Gasteiger partial charge in [-0.15, -0.1) is 0 Å². The van der Waals surface area contributed by atoms with Crippen molar-refractivity contribution in [2.24, 2.45) is 17.4 Å². The number of primary amides is 1. The van der Waals surface area contributed by atoms with Gasteiger partial charge in [0.15, 0.2) is 6.23 Å². The molecule has 15 heteroatoms. The Kier molecular flexibility index (Phi) is 9.91. The third-order valence-corrected chi connectivity index (χ3v) is 4.55. The van der Waals surface area contributed by atoms with Crippen LogP contribution in [0.1, 0.15) is 25.6 Å². The summed E-state index contributed by atoms with van der Waals surface area (Å²) in [6, 6.07) is 1.26. The zero-order chi connectivity index (χ0) is 25.5. The number of amides is 1. The van der Waals surface area contributed by atoms with E-state index in [9.17, 15) is 15.0 Å². The minimum absolute atomic E-state index is 0.0208. The number of aliphatic hydroxyl groups excluding tert-OH is 3. The number of nitrogens with zero attached hydrogens (tertiary/aromatic N) is 4. The lowest BCUT2D eigenvalue weighted by Gasteiger charge is -2.17. The van der Waals surface area contributed by atoms with Crippen molar-refractivity contribution in [1.82, 2.24) is 14.5 Å². The van der Waals surface area contributed by atoms with Crippen molar-refractivity contribution in [1.29, 1.82) is 5.26 Å². The highest BCUT2D eigenvalue weighted by Gasteiger charge is 2.44. The van der Waals surface area contributed by atoms with E-state index < -0.39 is 49.3 Å². The zero-order valence-electron chi connectivity index (χ0n) is 17.8. The van der Waals surface area contributed by atoms with Gasteiger partial charge in [0, 0.05) is 6.20 Å². The van der Waals surface area contributed by atoms with Crippen LogP contribution >= 0.6 is 0 Å². The molecule has 1 aliphatic heterocycles. The van der Waals surface area contributed by atoms with E-state index in [4.69, 9.17) is 41.6 Å². The van der Waals surface area contributed by atoms with Crippen molar-refractivity contribution in [3.8, 4) is 6.07 Å². The second kappa shape index (κ2) is 11.9. The number of anilines is 1. The van der Waals surface area contributed by atoms with Gasteiger partial charge in [-0.25, -0.2) is 9.97 Å². The highest BCUT2D eigenvalue weighted by atomic mass is 16.6. The highest BCUT2D eigenvalue weighted by Crippen LogP contribution is 2.34. The van der Waals surface area contributed by atoms with Crippen molar-refractivity contribution < 1.29 is 39.9 Å². The molecule has 0 aliphatic carbocycles. The second-order valence-electron chi connectivity index (χ2n) is 7.18. The van der Waals surface area contributed by atoms with Crippen LogP contribution in [0.4, 0.5) is 10.6 Å². The molecule has 0 unspecified atom stereocenters. The summed E-state index contributed by atoms with van der Waals surface area (Å²) >= 11 is 0. The SMILES string of the molecule is CC(C)[C@H](N)C(=O)O.N#Cc1cn([C@@H]2O[C@H](CO)[C@@H](O)[C@H]2O)c2ncnc(N)c12.NC(=O)[O-]. The number of nitrogen functional groups attached to an aromatic ring is 1. The molecule has 0 saturated carbocycles. The van der Waals surface area contributed by atoms with E-state index in [2.05, 4.69) is 15.7 Å². The van der Waals surface area contributed by atoms with Gasteiger partial charge in [0.1, 0.15) is 54.3 Å². The maximum Gasteiger partial charge on any atom is 0.320 e. The third kappa shape index (κ3) is 6.71. The van der Waals surface area contributed by atoms with Gasteiger partial charge in [-0.3, -0.25) is 4.79 Å². The Morgan fingerprint density at radius 2 is 1.91 bits per heavy atom. The predicted molar refractivity (Wildman–Crippen MR) is 110 cm³/mol. The molecule has 2 aromatic heterocycles. The number of fused-ring (bicyclic) bond motifs is 1. The molecule has 3 rings (SSSR count). The van der Waals surface area contributed by atoms with Gasteiger partial charge in [-0.1, -0.05) is 13.8 Å². The number of aliphatic carboxylic acids is 1. The Hall–Kier alpha value is -3.55. The summed E-state index contributed by atoms with van der Waals surface area (Å²) in [6.45, 7) is 3.12. The molecule has 1 fully saturated rings. The van der Waals surface area contributed by atoms with E-state index in [-0.39, 0.29) is 17.3 Å². The first-order chi connectivity index (χ1) is 15.4. The van der Waals surface area contributed by atoms with E-state index in [1.54, 1.807) is 13.8 Å². The summed E-state index contributed by atoms with van der Waals surface area (Å²) in [5, 5.41) is 55.4. The molecule has 0 aromatic carbocycles. The van der Waals surface area contributed by atoms with Gasteiger partial charge >= 0.3 is 5.97 Å². The smallest absolute Gasteiger partial charge is 0.320 e. The van der Waals surface area contributed by atoms with Crippen LogP contribution in [0.25, 0.3) is 11.0 Å². The van der Waals surface area contributed by atoms with Crippen molar-refractivity contribution in [3.05, 3.63) is 18.1 Å². The Labute approximate surface area is 187 Å². The Balaban J connectivity index is 0.000000380. The van der Waals surface area contributed by atoms with E-state index in [0.29, 0.717) is 11.0 Å². The van der Waals surface area contributed by atoms with Gasteiger partial charge in [0.2, 0.25) is 0 Å². The van der Waals surface area contributed by atoms with Gasteiger partial charge in [0.05, 0.1) is 17.6 Å². The Morgan fingerprint density at radius 3 is 2.30 bits per heavy atom. The first-order valence-corrected chi connectivity index (χ1v) is 9.45. The Morgan fingerprint density at radius 1 is 1.33 bits per heavy atom. The van der Waals surface area contributed by atoms with Gasteiger partial charge < -0.3 is 56.8 Å². The average molecular weight is 468 g/mol. The van der Waals surface area contributed by atoms with Crippen molar-refractivity contribution >= 4 is 28.9 Å². The largest absolute Gasteiger partial charge is 0.530 e. The van der Waals surface area contributed by atoms with Crippen molar-refractivity contribution in [3.63, 3.8) is 0 Å². The molecule has 15 nitrogen and oxygen atoms in total. The minimum atomic E-state index is -1.58. The number of hydrogen-bond acceptors (Lipinski definition) is 12. The van der Waals surface area contributed by atoms with Crippen LogP contribution in [0, 0.1) is 17.2 Å². The van der Waals surface area contributed by atoms with Crippen LogP contribution in [0.15, 0.2) is 12.5 Å². The quantitative estimate of drug-likeness (QED) is 0.233. The summed E-state index contributed by atoms with van der Waals surface area (Å²) in [6.07, 6.45) is -3.31. The van der Waals surface area contributed by atoms with E-state index >= 15 is 0 Å². The van der Waals surface area contributed by atoms with Crippen molar-refractivity contribution in [2.45, 2.75) is 44.4 Å². The number of rotatable bonds is 4. The zero-order valence-corrected chi connectivity index (χ0v) is 17.8. The number of carbonyl (C=O) groups excluding carboxylic acids is 1. The normalized spacial score (nSPS) is 22.5. The monoisotopic (exact) mass is 468 g/mol. The van der Waals surface area contributed by atoms with Crippen molar-refractivity contribution in [2.75, 3.05) is 12.3 Å². The lowest BCUT2D eigenvalue weighted by Crippen LogP contribution is -2.34. The summed E-state index contributed by atoms with van der Waals surface area (Å²) in [5.41, 5.74) is 15.4. The maximum absolute atomic E-state index is 10.1. The number of aliphatic hydroxyl groups is 3. The molecule has 1 saturated heterocycles. The van der Waals surface area contributed by atoms with E-state index in [1.807, 2.05) is 6.07 Å². The first-order valence-electron chi connectivity index (χ1n) is 9.45. The summed E-state index contributed by atoms with van der Waals surface area (Å²) in [4.78, 5) is 26.6. The Bertz CT molecular complexity index is 1000. The fourth-order valence-corrected chi connectivity index (χ4v) is 2.78. The molecule has 182 valence electrons. The number of carboxylic acids is 1. The molecule has 0 spiro atoms. The van der Waals surface area contributed by atoms with Gasteiger partial charge in [-0.05, 0) is 5.92 Å². The molecule has 10 N–H and O–H groups in total. The topological polar surface area (TPSA) is 280 Å². The number of nitrogens with two attached hydrogens (primary N) is 3. The molecule has 3 heterocycles. The number of nitriles is 1. The van der Waals surface area contributed by atoms with Gasteiger partial charge in [0.25, 0.3) is 0 Å². The number of aromatic nitrogens is 3. The van der Waals surface area contributed by atoms with E-state index in [1.165, 1.54) is 17.1 Å². The molecule has 1 amide bonds. The van der Waals surface area contributed by atoms with Crippen LogP contribution in [-0.2, 0) is 9.53 Å². The summed E-state index contributed by atoms with van der Waals surface area (Å²) in [5.74, 6) is -0.769. The van der Waals surface area contributed by atoms with Crippen LogP contribution in [0.2, 0.25) is 0 Å². The molecule has 5 atom stereocenters. The van der Waals surface area contributed by atoms with Crippen LogP contribution in [-0.4, -0.2) is 78.0 Å². The molecular weight excluding hydrogens is 442 g/mol. The molecule has 1 aliphatic rings. The molecule has 0 radical (unpaired) electrons. The summed E-state index contributed by atoms with van der Waals surface area (Å²) in [7, 11) is 0. The number of hydrogen-bond donors (Lipinski definition) is 7. The number of ether oxygens (including phenoxy) is 1. The highest BCUT2D eigenvalue weighted by molar-refractivity contribution is 5.92. The fraction of sp³-hybridized carbons (Fsp3) is 0.500. The molecular formula is C18H26N7O8-. The minimum Gasteiger partial charge on any atom is -0.530 e. The maximum atomic E-state index is 10.1. The molecule has 33 heavy (non-hydrogen) atoms. The van der Waals surface area contributed by atoms with Crippen LogP contribution in [0.5, 0.6) is 0 Å². The van der Waals surface area contributed by atoms with E-state index in [0.717, 1.165) is 0 Å². The predicted octanol–water partition coefficient (Wildman–Crippen LogP) is -3.16.